The lowest BCUT2D eigenvalue weighted by atomic mass is 10.1. The molecule has 0 fully saturated rings. The smallest absolute Gasteiger partial charge is 0.271 e. The molecule has 0 radical (unpaired) electrons. The molecule has 0 aliphatic heterocycles. The summed E-state index contributed by atoms with van der Waals surface area (Å²) in [4.78, 5) is 19.2. The normalized spacial score (nSPS) is 12.3. The largest absolute Gasteiger partial charge is 0.467 e. The molecule has 6 heteroatoms. The maximum Gasteiger partial charge on any atom is 0.271 e. The SMILES string of the molecule is Cc1[nH]c(C(=O)N(Cc2ccco2)Cc2cccs2)c(C)c1C(C)O. The van der Waals surface area contributed by atoms with Crippen LogP contribution in [-0.2, 0) is 13.1 Å². The predicted octanol–water partition coefficient (Wildman–Crippen LogP) is 4.18. The van der Waals surface area contributed by atoms with E-state index in [9.17, 15) is 9.90 Å². The predicted molar refractivity (Wildman–Crippen MR) is 97.5 cm³/mol. The first kappa shape index (κ1) is 17.5. The molecule has 0 bridgehead atoms. The molecule has 0 aromatic carbocycles. The molecule has 0 saturated heterocycles. The van der Waals surface area contributed by atoms with Crippen LogP contribution < -0.4 is 0 Å². The molecule has 3 heterocycles. The van der Waals surface area contributed by atoms with Crippen LogP contribution >= 0.6 is 11.3 Å². The van der Waals surface area contributed by atoms with Gasteiger partial charge in [0, 0.05) is 16.1 Å². The van der Waals surface area contributed by atoms with Gasteiger partial charge in [0.05, 0.1) is 25.5 Å². The van der Waals surface area contributed by atoms with E-state index in [1.54, 1.807) is 29.4 Å². The summed E-state index contributed by atoms with van der Waals surface area (Å²) in [5.74, 6) is 0.638. The lowest BCUT2D eigenvalue weighted by molar-refractivity contribution is 0.0713. The van der Waals surface area contributed by atoms with Crippen LogP contribution in [0.1, 0.15) is 51.0 Å². The maximum absolute atomic E-state index is 13.2. The topological polar surface area (TPSA) is 69.5 Å². The van der Waals surface area contributed by atoms with E-state index >= 15 is 0 Å². The van der Waals surface area contributed by atoms with E-state index in [0.717, 1.165) is 27.5 Å². The lowest BCUT2D eigenvalue weighted by Gasteiger charge is -2.21. The molecule has 3 aromatic heterocycles. The number of rotatable bonds is 6. The van der Waals surface area contributed by atoms with Crippen molar-refractivity contribution >= 4 is 17.2 Å². The van der Waals surface area contributed by atoms with Gasteiger partial charge >= 0.3 is 0 Å². The highest BCUT2D eigenvalue weighted by Crippen LogP contribution is 2.26. The summed E-state index contributed by atoms with van der Waals surface area (Å²) in [6.07, 6.45) is 0.993. The number of aromatic amines is 1. The molecule has 1 unspecified atom stereocenters. The minimum absolute atomic E-state index is 0.0997. The highest BCUT2D eigenvalue weighted by molar-refractivity contribution is 7.09. The van der Waals surface area contributed by atoms with Crippen molar-refractivity contribution in [2.75, 3.05) is 0 Å². The van der Waals surface area contributed by atoms with Gasteiger partial charge in [-0.25, -0.2) is 0 Å². The van der Waals surface area contributed by atoms with Crippen molar-refractivity contribution in [3.8, 4) is 0 Å². The number of hydrogen-bond acceptors (Lipinski definition) is 4. The second-order valence-corrected chi connectivity index (χ2v) is 7.19. The number of aliphatic hydroxyl groups is 1. The molecule has 0 aliphatic rings. The summed E-state index contributed by atoms with van der Waals surface area (Å²) in [6, 6.07) is 7.67. The Labute approximate surface area is 150 Å². The van der Waals surface area contributed by atoms with E-state index in [1.807, 2.05) is 43.5 Å². The number of carbonyl (C=O) groups is 1. The van der Waals surface area contributed by atoms with E-state index in [1.165, 1.54) is 0 Å². The van der Waals surface area contributed by atoms with Gasteiger partial charge < -0.3 is 19.4 Å². The van der Waals surface area contributed by atoms with E-state index < -0.39 is 6.10 Å². The van der Waals surface area contributed by atoms with Crippen molar-refractivity contribution in [1.29, 1.82) is 0 Å². The van der Waals surface area contributed by atoms with Crippen molar-refractivity contribution < 1.29 is 14.3 Å². The number of carbonyl (C=O) groups excluding carboxylic acids is 1. The fourth-order valence-corrected chi connectivity index (χ4v) is 3.86. The number of hydrogen-bond donors (Lipinski definition) is 2. The van der Waals surface area contributed by atoms with Crippen LogP contribution in [0.3, 0.4) is 0 Å². The van der Waals surface area contributed by atoms with Gasteiger partial charge in [0.1, 0.15) is 11.5 Å². The Morgan fingerprint density at radius 3 is 2.68 bits per heavy atom. The molecule has 3 rings (SSSR count). The summed E-state index contributed by atoms with van der Waals surface area (Å²) >= 11 is 1.62. The Morgan fingerprint density at radius 1 is 1.32 bits per heavy atom. The molecule has 25 heavy (non-hydrogen) atoms. The molecule has 5 nitrogen and oxygen atoms in total. The Bertz CT molecular complexity index is 796. The summed E-state index contributed by atoms with van der Waals surface area (Å²) in [5.41, 5.74) is 2.94. The van der Waals surface area contributed by atoms with Crippen LogP contribution in [0.4, 0.5) is 0 Å². The van der Waals surface area contributed by atoms with Gasteiger partial charge in [0.25, 0.3) is 5.91 Å². The van der Waals surface area contributed by atoms with Gasteiger partial charge in [0.15, 0.2) is 0 Å². The van der Waals surface area contributed by atoms with Gasteiger partial charge in [-0.05, 0) is 49.9 Å². The second kappa shape index (κ2) is 7.29. The summed E-state index contributed by atoms with van der Waals surface area (Å²) in [7, 11) is 0. The van der Waals surface area contributed by atoms with Crippen molar-refractivity contribution in [3.63, 3.8) is 0 Å². The van der Waals surface area contributed by atoms with Gasteiger partial charge in [-0.3, -0.25) is 4.79 Å². The van der Waals surface area contributed by atoms with Crippen molar-refractivity contribution in [1.82, 2.24) is 9.88 Å². The fraction of sp³-hybridized carbons (Fsp3) is 0.316. The number of thiophene rings is 1. The van der Waals surface area contributed by atoms with Gasteiger partial charge in [-0.15, -0.1) is 11.3 Å². The number of aryl methyl sites for hydroxylation is 1. The highest BCUT2D eigenvalue weighted by atomic mass is 32.1. The van der Waals surface area contributed by atoms with Crippen LogP contribution in [0.5, 0.6) is 0 Å². The second-order valence-electron chi connectivity index (χ2n) is 6.16. The van der Waals surface area contributed by atoms with Gasteiger partial charge in [-0.1, -0.05) is 6.07 Å². The number of amides is 1. The highest BCUT2D eigenvalue weighted by Gasteiger charge is 2.25. The molecular weight excluding hydrogens is 336 g/mol. The zero-order valence-corrected chi connectivity index (χ0v) is 15.4. The standard InChI is InChI=1S/C19H22N2O3S/c1-12-17(14(3)22)13(2)20-18(12)19(23)21(10-15-6-4-8-24-15)11-16-7-5-9-25-16/h4-9,14,20,22H,10-11H2,1-3H3. The molecule has 0 saturated carbocycles. The average Bonchev–Trinajstić information content (AvgIpc) is 3.28. The Morgan fingerprint density at radius 2 is 2.12 bits per heavy atom. The fourth-order valence-electron chi connectivity index (χ4n) is 3.14. The maximum atomic E-state index is 13.2. The van der Waals surface area contributed by atoms with Gasteiger partial charge in [0.2, 0.25) is 0 Å². The molecule has 1 amide bonds. The van der Waals surface area contributed by atoms with Crippen LogP contribution in [0.25, 0.3) is 0 Å². The number of nitrogens with one attached hydrogen (secondary N) is 1. The number of aliphatic hydroxyl groups excluding tert-OH is 1. The van der Waals surface area contributed by atoms with E-state index in [-0.39, 0.29) is 5.91 Å². The molecule has 132 valence electrons. The lowest BCUT2D eigenvalue weighted by Crippen LogP contribution is -2.30. The number of nitrogens with zero attached hydrogens (tertiary/aromatic N) is 1. The Hall–Kier alpha value is -2.31. The molecule has 3 aromatic rings. The molecule has 0 aliphatic carbocycles. The van der Waals surface area contributed by atoms with Crippen LogP contribution in [0.2, 0.25) is 0 Å². The monoisotopic (exact) mass is 358 g/mol. The third kappa shape index (κ3) is 3.70. The zero-order chi connectivity index (χ0) is 18.0. The molecule has 1 atom stereocenters. The summed E-state index contributed by atoms with van der Waals surface area (Å²) < 4.78 is 5.43. The van der Waals surface area contributed by atoms with Crippen LogP contribution in [0, 0.1) is 13.8 Å². The first-order valence-corrected chi connectivity index (χ1v) is 9.06. The average molecular weight is 358 g/mol. The third-order valence-corrected chi connectivity index (χ3v) is 5.13. The Kier molecular flexibility index (Phi) is 5.11. The van der Waals surface area contributed by atoms with Crippen LogP contribution in [0.15, 0.2) is 40.3 Å². The number of furan rings is 1. The minimum Gasteiger partial charge on any atom is -0.467 e. The quantitative estimate of drug-likeness (QED) is 0.694. The molecular formula is C19H22N2O3S. The first-order chi connectivity index (χ1) is 12.0. The molecule has 0 spiro atoms. The van der Waals surface area contributed by atoms with E-state index in [4.69, 9.17) is 4.42 Å². The summed E-state index contributed by atoms with van der Waals surface area (Å²) in [5, 5.41) is 12.0. The minimum atomic E-state index is -0.617. The van der Waals surface area contributed by atoms with Crippen molar-refractivity contribution in [2.45, 2.75) is 40.0 Å². The summed E-state index contributed by atoms with van der Waals surface area (Å²) in [6.45, 7) is 6.37. The van der Waals surface area contributed by atoms with Gasteiger partial charge in [-0.2, -0.15) is 0 Å². The van der Waals surface area contributed by atoms with Crippen molar-refractivity contribution in [2.24, 2.45) is 0 Å². The third-order valence-electron chi connectivity index (χ3n) is 4.27. The zero-order valence-electron chi connectivity index (χ0n) is 14.6. The van der Waals surface area contributed by atoms with E-state index in [2.05, 4.69) is 4.98 Å². The Balaban J connectivity index is 1.92. The van der Waals surface area contributed by atoms with Crippen molar-refractivity contribution in [3.05, 3.63) is 69.1 Å². The number of aromatic nitrogens is 1. The molecule has 2 N–H and O–H groups in total. The van der Waals surface area contributed by atoms with Crippen LogP contribution in [-0.4, -0.2) is 20.9 Å². The first-order valence-electron chi connectivity index (χ1n) is 8.18. The number of H-pyrrole nitrogens is 1. The van der Waals surface area contributed by atoms with E-state index in [0.29, 0.717) is 18.8 Å².